The van der Waals surface area contributed by atoms with E-state index in [0.717, 1.165) is 42.3 Å². The van der Waals surface area contributed by atoms with E-state index < -0.39 is 0 Å². The van der Waals surface area contributed by atoms with Crippen molar-refractivity contribution in [1.82, 2.24) is 25.1 Å². The third kappa shape index (κ3) is 6.34. The van der Waals surface area contributed by atoms with Gasteiger partial charge in [-0.05, 0) is 57.0 Å². The first kappa shape index (κ1) is 24.2. The van der Waals surface area contributed by atoms with E-state index in [4.69, 9.17) is 4.74 Å². The number of hydrogen-bond acceptors (Lipinski definition) is 7. The van der Waals surface area contributed by atoms with Gasteiger partial charge < -0.3 is 20.3 Å². The molecule has 184 valence electrons. The number of anilines is 2. The number of rotatable bonds is 8. The second kappa shape index (κ2) is 11.0. The van der Waals surface area contributed by atoms with Crippen molar-refractivity contribution in [3.8, 4) is 11.6 Å². The van der Waals surface area contributed by atoms with Gasteiger partial charge in [0.05, 0.1) is 18.2 Å². The molecule has 3 heterocycles. The molecule has 0 saturated carbocycles. The molecule has 2 aromatic heterocycles. The van der Waals surface area contributed by atoms with Gasteiger partial charge in [0.25, 0.3) is 0 Å². The van der Waals surface area contributed by atoms with Crippen LogP contribution in [0.5, 0.6) is 5.75 Å². The van der Waals surface area contributed by atoms with Crippen molar-refractivity contribution in [3.05, 3.63) is 54.1 Å². The van der Waals surface area contributed by atoms with Crippen LogP contribution in [0.15, 0.2) is 42.7 Å². The first-order valence-electron chi connectivity index (χ1n) is 11.8. The quantitative estimate of drug-likeness (QED) is 0.480. The average Bonchev–Trinajstić information content (AvgIpc) is 3.20. The standard InChI is InChI=1S/C25H31N7O3/c1-17-13-18(2)32(30-17)24-14-23(27-16-28-24)31-11-4-5-20(15-31)25(34)29-21-6-8-22(9-7-21)35-12-10-26-19(3)33/h6-9,13-14,16,20H,4-5,10-12,15H2,1-3H3,(H,26,33)(H,29,34). The first-order valence-corrected chi connectivity index (χ1v) is 11.8. The van der Waals surface area contributed by atoms with E-state index in [0.29, 0.717) is 31.3 Å². The fraction of sp³-hybridized carbons (Fsp3) is 0.400. The molecule has 1 aromatic carbocycles. The summed E-state index contributed by atoms with van der Waals surface area (Å²) in [7, 11) is 0. The van der Waals surface area contributed by atoms with Gasteiger partial charge in [-0.1, -0.05) is 0 Å². The summed E-state index contributed by atoms with van der Waals surface area (Å²) in [5.41, 5.74) is 2.66. The third-order valence-electron chi connectivity index (χ3n) is 5.85. The molecule has 1 saturated heterocycles. The molecule has 0 radical (unpaired) electrons. The highest BCUT2D eigenvalue weighted by Crippen LogP contribution is 2.24. The van der Waals surface area contributed by atoms with Gasteiger partial charge in [-0.3, -0.25) is 9.59 Å². The zero-order valence-corrected chi connectivity index (χ0v) is 20.3. The van der Waals surface area contributed by atoms with Crippen molar-refractivity contribution in [2.75, 3.05) is 36.5 Å². The second-order valence-electron chi connectivity index (χ2n) is 8.70. The number of ether oxygens (including phenoxy) is 1. The molecule has 2 amide bonds. The third-order valence-corrected chi connectivity index (χ3v) is 5.85. The molecule has 1 aliphatic heterocycles. The van der Waals surface area contributed by atoms with Gasteiger partial charge in [0.1, 0.15) is 24.5 Å². The number of nitrogens with one attached hydrogen (secondary N) is 2. The van der Waals surface area contributed by atoms with Gasteiger partial charge in [-0.15, -0.1) is 0 Å². The van der Waals surface area contributed by atoms with Gasteiger partial charge in [-0.25, -0.2) is 14.6 Å². The highest BCUT2D eigenvalue weighted by atomic mass is 16.5. The van der Waals surface area contributed by atoms with Crippen LogP contribution >= 0.6 is 0 Å². The van der Waals surface area contributed by atoms with E-state index in [1.165, 1.54) is 6.92 Å². The maximum absolute atomic E-state index is 13.0. The Morgan fingerprint density at radius 1 is 1.11 bits per heavy atom. The summed E-state index contributed by atoms with van der Waals surface area (Å²) in [6.07, 6.45) is 3.27. The molecule has 10 heteroatoms. The predicted molar refractivity (Wildman–Crippen MR) is 133 cm³/mol. The molecule has 2 N–H and O–H groups in total. The van der Waals surface area contributed by atoms with Gasteiger partial charge >= 0.3 is 0 Å². The normalized spacial score (nSPS) is 15.5. The van der Waals surface area contributed by atoms with Crippen LogP contribution < -0.4 is 20.3 Å². The Morgan fingerprint density at radius 2 is 1.89 bits per heavy atom. The van der Waals surface area contributed by atoms with Crippen LogP contribution in [0.1, 0.15) is 31.2 Å². The summed E-state index contributed by atoms with van der Waals surface area (Å²) in [5.74, 6) is 1.94. The van der Waals surface area contributed by atoms with E-state index in [2.05, 4.69) is 30.6 Å². The number of carbonyl (C=O) groups is 2. The first-order chi connectivity index (χ1) is 16.9. The number of aromatic nitrogens is 4. The second-order valence-corrected chi connectivity index (χ2v) is 8.70. The average molecular weight is 478 g/mol. The van der Waals surface area contributed by atoms with E-state index in [1.54, 1.807) is 18.5 Å². The molecule has 10 nitrogen and oxygen atoms in total. The molecule has 1 fully saturated rings. The number of amides is 2. The summed E-state index contributed by atoms with van der Waals surface area (Å²) in [5, 5.41) is 10.2. The van der Waals surface area contributed by atoms with Crippen molar-refractivity contribution >= 4 is 23.3 Å². The summed E-state index contributed by atoms with van der Waals surface area (Å²) < 4.78 is 7.40. The lowest BCUT2D eigenvalue weighted by Gasteiger charge is -2.33. The number of nitrogens with zero attached hydrogens (tertiary/aromatic N) is 5. The van der Waals surface area contributed by atoms with E-state index in [-0.39, 0.29) is 17.7 Å². The molecule has 0 aliphatic carbocycles. The van der Waals surface area contributed by atoms with Gasteiger partial charge in [-0.2, -0.15) is 5.10 Å². The summed E-state index contributed by atoms with van der Waals surface area (Å²) in [4.78, 5) is 34.9. The lowest BCUT2D eigenvalue weighted by atomic mass is 9.97. The Kier molecular flexibility index (Phi) is 7.59. The maximum Gasteiger partial charge on any atom is 0.229 e. The molecule has 1 atom stereocenters. The monoisotopic (exact) mass is 477 g/mol. The minimum absolute atomic E-state index is 0.0122. The largest absolute Gasteiger partial charge is 0.492 e. The van der Waals surface area contributed by atoms with E-state index in [9.17, 15) is 9.59 Å². The van der Waals surface area contributed by atoms with Crippen LogP contribution in [0, 0.1) is 19.8 Å². The molecule has 0 spiro atoms. The van der Waals surface area contributed by atoms with Crippen LogP contribution in [-0.4, -0.2) is 57.8 Å². The molecule has 1 unspecified atom stereocenters. The lowest BCUT2D eigenvalue weighted by Crippen LogP contribution is -2.41. The fourth-order valence-corrected chi connectivity index (χ4v) is 4.16. The van der Waals surface area contributed by atoms with Gasteiger partial charge in [0.2, 0.25) is 11.8 Å². The van der Waals surface area contributed by atoms with Crippen molar-refractivity contribution in [2.24, 2.45) is 5.92 Å². The maximum atomic E-state index is 13.0. The SMILES string of the molecule is CC(=O)NCCOc1ccc(NC(=O)C2CCCN(c3cc(-n4nc(C)cc4C)ncn3)C2)cc1. The topological polar surface area (TPSA) is 114 Å². The van der Waals surface area contributed by atoms with E-state index >= 15 is 0 Å². The lowest BCUT2D eigenvalue weighted by molar-refractivity contribution is -0.120. The predicted octanol–water partition coefficient (Wildman–Crippen LogP) is 2.65. The van der Waals surface area contributed by atoms with Gasteiger partial charge in [0, 0.05) is 37.5 Å². The van der Waals surface area contributed by atoms with Crippen molar-refractivity contribution < 1.29 is 14.3 Å². The molecule has 1 aliphatic rings. The highest BCUT2D eigenvalue weighted by Gasteiger charge is 2.27. The van der Waals surface area contributed by atoms with Crippen LogP contribution in [0.2, 0.25) is 0 Å². The number of hydrogen-bond donors (Lipinski definition) is 2. The Bertz CT molecular complexity index is 1180. The van der Waals surface area contributed by atoms with Crippen molar-refractivity contribution in [1.29, 1.82) is 0 Å². The Balaban J connectivity index is 1.34. The van der Waals surface area contributed by atoms with E-state index in [1.807, 2.05) is 42.8 Å². The number of carbonyl (C=O) groups excluding carboxylic acids is 2. The number of piperidine rings is 1. The molecular formula is C25H31N7O3. The summed E-state index contributed by atoms with van der Waals surface area (Å²) in [6.45, 7) is 7.67. The van der Waals surface area contributed by atoms with Crippen LogP contribution in [0.4, 0.5) is 11.5 Å². The number of benzene rings is 1. The molecule has 4 rings (SSSR count). The van der Waals surface area contributed by atoms with Crippen LogP contribution in [0.25, 0.3) is 5.82 Å². The van der Waals surface area contributed by atoms with Crippen molar-refractivity contribution in [3.63, 3.8) is 0 Å². The fourth-order valence-electron chi connectivity index (χ4n) is 4.16. The smallest absolute Gasteiger partial charge is 0.229 e. The highest BCUT2D eigenvalue weighted by molar-refractivity contribution is 5.93. The summed E-state index contributed by atoms with van der Waals surface area (Å²) >= 11 is 0. The Labute approximate surface area is 204 Å². The van der Waals surface area contributed by atoms with Gasteiger partial charge in [0.15, 0.2) is 5.82 Å². The molecule has 0 bridgehead atoms. The minimum Gasteiger partial charge on any atom is -0.492 e. The molecule has 3 aromatic rings. The minimum atomic E-state index is -0.149. The summed E-state index contributed by atoms with van der Waals surface area (Å²) in [6, 6.07) is 11.2. The zero-order chi connectivity index (χ0) is 24.8. The zero-order valence-electron chi connectivity index (χ0n) is 20.3. The molecular weight excluding hydrogens is 446 g/mol. The Hall–Kier alpha value is -3.95. The Morgan fingerprint density at radius 3 is 2.60 bits per heavy atom. The van der Waals surface area contributed by atoms with Crippen LogP contribution in [0.3, 0.4) is 0 Å². The van der Waals surface area contributed by atoms with Crippen LogP contribution in [-0.2, 0) is 9.59 Å². The number of aryl methyl sites for hydroxylation is 2. The van der Waals surface area contributed by atoms with Crippen molar-refractivity contribution in [2.45, 2.75) is 33.6 Å². The molecule has 35 heavy (non-hydrogen) atoms.